The molecule has 0 unspecified atom stereocenters. The van der Waals surface area contributed by atoms with Crippen molar-refractivity contribution in [2.24, 2.45) is 0 Å². The topological polar surface area (TPSA) is 53.3 Å². The molecular formula is C17H22N2O2. The number of rotatable bonds is 5. The second kappa shape index (κ2) is 6.62. The van der Waals surface area contributed by atoms with Gasteiger partial charge in [-0.2, -0.15) is 5.26 Å². The lowest BCUT2D eigenvalue weighted by atomic mass is 9.77. The number of carbonyl (C=O) groups excluding carboxylic acids is 1. The molecule has 1 aliphatic rings. The number of nitriles is 1. The van der Waals surface area contributed by atoms with Crippen molar-refractivity contribution in [1.82, 2.24) is 4.90 Å². The number of hydrogen-bond donors (Lipinski definition) is 0. The second-order valence-corrected chi connectivity index (χ2v) is 5.65. The summed E-state index contributed by atoms with van der Waals surface area (Å²) in [6, 6.07) is 9.93. The van der Waals surface area contributed by atoms with Gasteiger partial charge in [-0.25, -0.2) is 0 Å². The van der Waals surface area contributed by atoms with Gasteiger partial charge in [-0.1, -0.05) is 25.0 Å². The highest BCUT2D eigenvalue weighted by Crippen LogP contribution is 2.42. The fourth-order valence-electron chi connectivity index (χ4n) is 3.20. The lowest BCUT2D eigenvalue weighted by molar-refractivity contribution is -0.136. The van der Waals surface area contributed by atoms with Crippen LogP contribution in [0.5, 0.6) is 5.75 Å². The standard InChI is InChI=1S/C17H22N2O2/c1-19(13-5-12-18)16(20)17(10-3-4-11-17)14-6-8-15(21-2)9-7-14/h6-9H,3-5,10-11,13H2,1-2H3. The molecule has 1 aromatic rings. The maximum Gasteiger partial charge on any atom is 0.232 e. The van der Waals surface area contributed by atoms with E-state index in [0.29, 0.717) is 13.0 Å². The normalized spacial score (nSPS) is 16.2. The van der Waals surface area contributed by atoms with Crippen LogP contribution in [0.4, 0.5) is 0 Å². The molecule has 0 saturated heterocycles. The van der Waals surface area contributed by atoms with Gasteiger partial charge in [0.15, 0.2) is 0 Å². The van der Waals surface area contributed by atoms with Crippen molar-refractivity contribution < 1.29 is 9.53 Å². The van der Waals surface area contributed by atoms with Gasteiger partial charge in [-0.3, -0.25) is 4.79 Å². The van der Waals surface area contributed by atoms with Crippen LogP contribution in [0.1, 0.15) is 37.7 Å². The molecule has 0 spiro atoms. The first kappa shape index (κ1) is 15.4. The van der Waals surface area contributed by atoms with Gasteiger partial charge in [0, 0.05) is 13.6 Å². The number of carbonyl (C=O) groups is 1. The Hall–Kier alpha value is -2.02. The summed E-state index contributed by atoms with van der Waals surface area (Å²) >= 11 is 0. The smallest absolute Gasteiger partial charge is 0.232 e. The van der Waals surface area contributed by atoms with Crippen molar-refractivity contribution in [3.63, 3.8) is 0 Å². The quantitative estimate of drug-likeness (QED) is 0.836. The predicted octanol–water partition coefficient (Wildman–Crippen LogP) is 2.88. The van der Waals surface area contributed by atoms with Crippen LogP contribution in [0.15, 0.2) is 24.3 Å². The minimum absolute atomic E-state index is 0.139. The van der Waals surface area contributed by atoms with E-state index < -0.39 is 5.41 Å². The molecule has 1 amide bonds. The molecule has 1 fully saturated rings. The first-order valence-corrected chi connectivity index (χ1v) is 7.41. The number of hydrogen-bond acceptors (Lipinski definition) is 3. The number of nitrogens with zero attached hydrogens (tertiary/aromatic N) is 2. The Morgan fingerprint density at radius 2 is 1.95 bits per heavy atom. The van der Waals surface area contributed by atoms with Gasteiger partial charge < -0.3 is 9.64 Å². The van der Waals surface area contributed by atoms with Crippen molar-refractivity contribution in [2.75, 3.05) is 20.7 Å². The Balaban J connectivity index is 2.27. The van der Waals surface area contributed by atoms with Gasteiger partial charge >= 0.3 is 0 Å². The van der Waals surface area contributed by atoms with Crippen LogP contribution < -0.4 is 4.74 Å². The molecule has 21 heavy (non-hydrogen) atoms. The second-order valence-electron chi connectivity index (χ2n) is 5.65. The molecule has 2 rings (SSSR count). The van der Waals surface area contributed by atoms with Gasteiger partial charge in [0.25, 0.3) is 0 Å². The lowest BCUT2D eigenvalue weighted by Gasteiger charge is -2.32. The number of amides is 1. The Morgan fingerprint density at radius 1 is 1.33 bits per heavy atom. The molecule has 0 aliphatic heterocycles. The van der Waals surface area contributed by atoms with E-state index in [4.69, 9.17) is 10.00 Å². The third-order valence-electron chi connectivity index (χ3n) is 4.41. The summed E-state index contributed by atoms with van der Waals surface area (Å²) in [5.41, 5.74) is 0.644. The van der Waals surface area contributed by atoms with Crippen molar-refractivity contribution in [3.05, 3.63) is 29.8 Å². The SMILES string of the molecule is COc1ccc(C2(C(=O)N(C)CCC#N)CCCC2)cc1. The summed E-state index contributed by atoms with van der Waals surface area (Å²) in [6.07, 6.45) is 4.29. The van der Waals surface area contributed by atoms with E-state index in [1.54, 1.807) is 19.1 Å². The van der Waals surface area contributed by atoms with Crippen molar-refractivity contribution in [1.29, 1.82) is 5.26 Å². The molecule has 0 N–H and O–H groups in total. The Kier molecular flexibility index (Phi) is 4.85. The van der Waals surface area contributed by atoms with Crippen LogP contribution in [0.3, 0.4) is 0 Å². The fraction of sp³-hybridized carbons (Fsp3) is 0.529. The molecular weight excluding hydrogens is 264 g/mol. The predicted molar refractivity (Wildman–Crippen MR) is 81.0 cm³/mol. The molecule has 1 aromatic carbocycles. The molecule has 0 bridgehead atoms. The molecule has 1 saturated carbocycles. The Bertz CT molecular complexity index is 525. The van der Waals surface area contributed by atoms with E-state index in [2.05, 4.69) is 6.07 Å². The van der Waals surface area contributed by atoms with Crippen LogP contribution >= 0.6 is 0 Å². The van der Waals surface area contributed by atoms with E-state index in [0.717, 1.165) is 37.0 Å². The van der Waals surface area contributed by atoms with Gasteiger partial charge in [-0.05, 0) is 30.5 Å². The minimum Gasteiger partial charge on any atom is -0.497 e. The van der Waals surface area contributed by atoms with E-state index in [1.165, 1.54) is 0 Å². The Labute approximate surface area is 126 Å². The highest BCUT2D eigenvalue weighted by molar-refractivity contribution is 5.88. The van der Waals surface area contributed by atoms with Crippen molar-refractivity contribution >= 4 is 5.91 Å². The van der Waals surface area contributed by atoms with Crippen molar-refractivity contribution in [3.8, 4) is 11.8 Å². The number of methoxy groups -OCH3 is 1. The van der Waals surface area contributed by atoms with Gasteiger partial charge in [0.05, 0.1) is 25.0 Å². The lowest BCUT2D eigenvalue weighted by Crippen LogP contribution is -2.44. The van der Waals surface area contributed by atoms with Gasteiger partial charge in [-0.15, -0.1) is 0 Å². The largest absolute Gasteiger partial charge is 0.497 e. The minimum atomic E-state index is -0.420. The zero-order valence-electron chi connectivity index (χ0n) is 12.8. The van der Waals surface area contributed by atoms with Crippen LogP contribution in [-0.4, -0.2) is 31.5 Å². The monoisotopic (exact) mass is 286 g/mol. The summed E-state index contributed by atoms with van der Waals surface area (Å²) < 4.78 is 5.19. The van der Waals surface area contributed by atoms with E-state index in [-0.39, 0.29) is 5.91 Å². The summed E-state index contributed by atoms with van der Waals surface area (Å²) in [5.74, 6) is 0.942. The Morgan fingerprint density at radius 3 is 2.48 bits per heavy atom. The highest BCUT2D eigenvalue weighted by atomic mass is 16.5. The number of benzene rings is 1. The highest BCUT2D eigenvalue weighted by Gasteiger charge is 2.44. The van der Waals surface area contributed by atoms with Crippen molar-refractivity contribution in [2.45, 2.75) is 37.5 Å². The molecule has 0 radical (unpaired) electrons. The van der Waals surface area contributed by atoms with E-state index in [9.17, 15) is 4.79 Å². The molecule has 1 aliphatic carbocycles. The molecule has 112 valence electrons. The number of likely N-dealkylation sites (N-methyl/N-ethyl adjacent to an activating group) is 1. The molecule has 4 nitrogen and oxygen atoms in total. The summed E-state index contributed by atoms with van der Waals surface area (Å²) in [7, 11) is 3.43. The first-order chi connectivity index (χ1) is 10.1. The molecule has 4 heteroatoms. The van der Waals surface area contributed by atoms with Crippen LogP contribution in [0.2, 0.25) is 0 Å². The van der Waals surface area contributed by atoms with Gasteiger partial charge in [0.1, 0.15) is 5.75 Å². The average Bonchev–Trinajstić information content (AvgIpc) is 3.02. The maximum absolute atomic E-state index is 12.9. The number of ether oxygens (including phenoxy) is 1. The van der Waals surface area contributed by atoms with E-state index >= 15 is 0 Å². The van der Waals surface area contributed by atoms with E-state index in [1.807, 2.05) is 24.3 Å². The first-order valence-electron chi connectivity index (χ1n) is 7.41. The van der Waals surface area contributed by atoms with Crippen LogP contribution in [0, 0.1) is 11.3 Å². The molecule has 0 heterocycles. The van der Waals surface area contributed by atoms with Gasteiger partial charge in [0.2, 0.25) is 5.91 Å². The zero-order chi connectivity index (χ0) is 15.3. The van der Waals surface area contributed by atoms with Crippen LogP contribution in [-0.2, 0) is 10.2 Å². The molecule has 0 atom stereocenters. The summed E-state index contributed by atoms with van der Waals surface area (Å²) in [5, 5.41) is 8.70. The fourth-order valence-corrected chi connectivity index (χ4v) is 3.20. The third-order valence-corrected chi connectivity index (χ3v) is 4.41. The maximum atomic E-state index is 12.9. The average molecular weight is 286 g/mol. The third kappa shape index (κ3) is 3.02. The zero-order valence-corrected chi connectivity index (χ0v) is 12.8. The molecule has 0 aromatic heterocycles. The summed E-state index contributed by atoms with van der Waals surface area (Å²) in [4.78, 5) is 14.6. The van der Waals surface area contributed by atoms with Crippen LogP contribution in [0.25, 0.3) is 0 Å². The summed E-state index contributed by atoms with van der Waals surface area (Å²) in [6.45, 7) is 0.493.